The van der Waals surface area contributed by atoms with E-state index in [2.05, 4.69) is 23.6 Å². The van der Waals surface area contributed by atoms with Crippen molar-refractivity contribution in [1.29, 1.82) is 0 Å². The Labute approximate surface area is 182 Å². The summed E-state index contributed by atoms with van der Waals surface area (Å²) in [5, 5.41) is 7.93. The SMILES string of the molecule is CNC1(CNc2nc(N3CCS(=O)(=O)c4ccccc4C3)nc3ccc(C)cc23)CC1. The number of likely N-dealkylation sites (N-methyl/N-ethyl adjacent to an activating group) is 1. The fraction of sp³-hybridized carbons (Fsp3) is 0.391. The number of fused-ring (bicyclic) bond motifs is 2. The first-order valence-corrected chi connectivity index (χ1v) is 12.3. The molecule has 1 aromatic heterocycles. The lowest BCUT2D eigenvalue weighted by Crippen LogP contribution is -2.35. The second-order valence-corrected chi connectivity index (χ2v) is 10.7. The molecule has 1 aliphatic heterocycles. The van der Waals surface area contributed by atoms with Crippen LogP contribution in [0.15, 0.2) is 47.4 Å². The van der Waals surface area contributed by atoms with Crippen LogP contribution in [0.1, 0.15) is 24.0 Å². The minimum absolute atomic E-state index is 0.0466. The van der Waals surface area contributed by atoms with Crippen LogP contribution >= 0.6 is 0 Å². The number of benzene rings is 2. The van der Waals surface area contributed by atoms with Crippen molar-refractivity contribution in [2.24, 2.45) is 0 Å². The predicted molar refractivity (Wildman–Crippen MR) is 123 cm³/mol. The van der Waals surface area contributed by atoms with Crippen molar-refractivity contribution in [2.75, 3.05) is 36.1 Å². The van der Waals surface area contributed by atoms with Crippen LogP contribution in [0.25, 0.3) is 10.9 Å². The maximum absolute atomic E-state index is 12.8. The number of aryl methyl sites for hydroxylation is 1. The van der Waals surface area contributed by atoms with Crippen molar-refractivity contribution < 1.29 is 8.42 Å². The number of aromatic nitrogens is 2. The molecule has 0 bridgehead atoms. The zero-order chi connectivity index (χ0) is 21.6. The average Bonchev–Trinajstić information content (AvgIpc) is 3.56. The number of nitrogens with zero attached hydrogens (tertiary/aromatic N) is 3. The van der Waals surface area contributed by atoms with Gasteiger partial charge in [0.05, 0.1) is 16.2 Å². The van der Waals surface area contributed by atoms with E-state index in [0.717, 1.165) is 47.2 Å². The Hall–Kier alpha value is -2.71. The van der Waals surface area contributed by atoms with Gasteiger partial charge in [0.25, 0.3) is 0 Å². The van der Waals surface area contributed by atoms with Crippen molar-refractivity contribution in [3.05, 3.63) is 53.6 Å². The lowest BCUT2D eigenvalue weighted by molar-refractivity contribution is 0.578. The molecule has 0 spiro atoms. The third-order valence-corrected chi connectivity index (χ3v) is 8.19. The molecule has 8 heteroatoms. The van der Waals surface area contributed by atoms with E-state index in [9.17, 15) is 8.42 Å². The van der Waals surface area contributed by atoms with Gasteiger partial charge in [-0.05, 0) is 50.6 Å². The first-order valence-electron chi connectivity index (χ1n) is 10.7. The van der Waals surface area contributed by atoms with E-state index in [4.69, 9.17) is 9.97 Å². The second kappa shape index (κ2) is 7.46. The van der Waals surface area contributed by atoms with Crippen LogP contribution in [0.3, 0.4) is 0 Å². The summed E-state index contributed by atoms with van der Waals surface area (Å²) in [5.74, 6) is 1.40. The number of hydrogen-bond acceptors (Lipinski definition) is 7. The molecule has 2 aliphatic rings. The third-order valence-electron chi connectivity index (χ3n) is 6.40. The minimum atomic E-state index is -3.32. The zero-order valence-electron chi connectivity index (χ0n) is 17.9. The molecule has 0 saturated heterocycles. The lowest BCUT2D eigenvalue weighted by atomic mass is 10.1. The molecular formula is C23H27N5O2S. The van der Waals surface area contributed by atoms with Crippen LogP contribution in [-0.2, 0) is 16.4 Å². The Kier molecular flexibility index (Phi) is 4.86. The summed E-state index contributed by atoms with van der Waals surface area (Å²) in [5.41, 5.74) is 2.93. The van der Waals surface area contributed by atoms with Gasteiger partial charge in [0.2, 0.25) is 5.95 Å². The summed E-state index contributed by atoms with van der Waals surface area (Å²) in [6.45, 7) is 3.67. The third kappa shape index (κ3) is 3.85. The Morgan fingerprint density at radius 1 is 1.13 bits per heavy atom. The van der Waals surface area contributed by atoms with Gasteiger partial charge in [-0.3, -0.25) is 0 Å². The normalized spacial score (nSPS) is 19.0. The van der Waals surface area contributed by atoms with Gasteiger partial charge in [-0.25, -0.2) is 13.4 Å². The Morgan fingerprint density at radius 3 is 2.71 bits per heavy atom. The van der Waals surface area contributed by atoms with Crippen LogP contribution < -0.4 is 15.5 Å². The molecule has 162 valence electrons. The fourth-order valence-corrected chi connectivity index (χ4v) is 5.66. The second-order valence-electron chi connectivity index (χ2n) is 8.62. The van der Waals surface area contributed by atoms with Gasteiger partial charge in [-0.15, -0.1) is 0 Å². The molecule has 1 saturated carbocycles. The monoisotopic (exact) mass is 437 g/mol. The molecule has 0 radical (unpaired) electrons. The summed E-state index contributed by atoms with van der Waals surface area (Å²) in [4.78, 5) is 12.1. The van der Waals surface area contributed by atoms with E-state index in [0.29, 0.717) is 23.9 Å². The summed E-state index contributed by atoms with van der Waals surface area (Å²) < 4.78 is 25.5. The zero-order valence-corrected chi connectivity index (χ0v) is 18.7. The van der Waals surface area contributed by atoms with E-state index in [1.807, 2.05) is 36.2 Å². The van der Waals surface area contributed by atoms with Gasteiger partial charge in [0.15, 0.2) is 9.84 Å². The highest BCUT2D eigenvalue weighted by atomic mass is 32.2. The first kappa shape index (κ1) is 20.2. The molecule has 1 fully saturated rings. The largest absolute Gasteiger partial charge is 0.368 e. The molecule has 2 N–H and O–H groups in total. The summed E-state index contributed by atoms with van der Waals surface area (Å²) in [6, 6.07) is 13.4. The van der Waals surface area contributed by atoms with E-state index < -0.39 is 9.84 Å². The summed E-state index contributed by atoms with van der Waals surface area (Å²) in [6.07, 6.45) is 2.29. The molecule has 2 heterocycles. The average molecular weight is 438 g/mol. The van der Waals surface area contributed by atoms with Crippen LogP contribution in [0, 0.1) is 6.92 Å². The predicted octanol–water partition coefficient (Wildman–Crippen LogP) is 2.90. The molecule has 31 heavy (non-hydrogen) atoms. The van der Waals surface area contributed by atoms with Crippen LogP contribution in [0.4, 0.5) is 11.8 Å². The quantitative estimate of drug-likeness (QED) is 0.635. The maximum Gasteiger partial charge on any atom is 0.228 e. The molecule has 0 amide bonds. The van der Waals surface area contributed by atoms with Gasteiger partial charge >= 0.3 is 0 Å². The van der Waals surface area contributed by atoms with E-state index in [1.54, 1.807) is 12.1 Å². The Bertz CT molecular complexity index is 1250. The molecule has 1 aliphatic carbocycles. The Morgan fingerprint density at radius 2 is 1.94 bits per heavy atom. The fourth-order valence-electron chi connectivity index (χ4n) is 4.16. The van der Waals surface area contributed by atoms with Gasteiger partial charge in [0.1, 0.15) is 5.82 Å². The standard InChI is InChI=1S/C23H27N5O2S/c1-16-7-8-19-18(13-16)21(25-15-23(24-2)9-10-23)27-22(26-19)28-11-12-31(29,30)20-6-4-3-5-17(20)14-28/h3-8,13,24H,9-12,14-15H2,1-2H3,(H,25,26,27). The van der Waals surface area contributed by atoms with Crippen molar-refractivity contribution >= 4 is 32.5 Å². The highest BCUT2D eigenvalue weighted by Gasteiger charge is 2.40. The highest BCUT2D eigenvalue weighted by molar-refractivity contribution is 7.91. The van der Waals surface area contributed by atoms with Crippen molar-refractivity contribution in [1.82, 2.24) is 15.3 Å². The van der Waals surface area contributed by atoms with Crippen LogP contribution in [0.2, 0.25) is 0 Å². The lowest BCUT2D eigenvalue weighted by Gasteiger charge is -2.23. The van der Waals surface area contributed by atoms with Crippen LogP contribution in [0.5, 0.6) is 0 Å². The van der Waals surface area contributed by atoms with Gasteiger partial charge in [-0.1, -0.05) is 29.8 Å². The van der Waals surface area contributed by atoms with Gasteiger partial charge < -0.3 is 15.5 Å². The molecule has 7 nitrogen and oxygen atoms in total. The smallest absolute Gasteiger partial charge is 0.228 e. The number of hydrogen-bond donors (Lipinski definition) is 2. The molecule has 5 rings (SSSR count). The number of anilines is 2. The summed E-state index contributed by atoms with van der Waals surface area (Å²) in [7, 11) is -1.33. The van der Waals surface area contributed by atoms with Crippen LogP contribution in [-0.4, -0.2) is 49.8 Å². The Balaban J connectivity index is 1.55. The highest BCUT2D eigenvalue weighted by Crippen LogP contribution is 2.36. The number of sulfone groups is 1. The number of nitrogens with one attached hydrogen (secondary N) is 2. The van der Waals surface area contributed by atoms with Gasteiger partial charge in [0, 0.05) is 30.6 Å². The molecule has 0 atom stereocenters. The summed E-state index contributed by atoms with van der Waals surface area (Å²) >= 11 is 0. The maximum atomic E-state index is 12.8. The molecular weight excluding hydrogens is 410 g/mol. The van der Waals surface area contributed by atoms with E-state index in [-0.39, 0.29) is 11.3 Å². The topological polar surface area (TPSA) is 87.2 Å². The van der Waals surface area contributed by atoms with Crippen molar-refractivity contribution in [3.63, 3.8) is 0 Å². The number of rotatable bonds is 5. The van der Waals surface area contributed by atoms with Gasteiger partial charge in [-0.2, -0.15) is 4.98 Å². The first-order chi connectivity index (χ1) is 14.9. The molecule has 2 aromatic carbocycles. The van der Waals surface area contributed by atoms with E-state index in [1.165, 1.54) is 0 Å². The molecule has 0 unspecified atom stereocenters. The van der Waals surface area contributed by atoms with Crippen molar-refractivity contribution in [2.45, 2.75) is 36.7 Å². The molecule has 3 aromatic rings. The minimum Gasteiger partial charge on any atom is -0.368 e. The van der Waals surface area contributed by atoms with E-state index >= 15 is 0 Å². The van der Waals surface area contributed by atoms with Crippen molar-refractivity contribution in [3.8, 4) is 0 Å².